The summed E-state index contributed by atoms with van der Waals surface area (Å²) in [5.41, 5.74) is 6.23. The van der Waals surface area contributed by atoms with Gasteiger partial charge in [-0.25, -0.2) is 9.97 Å². The van der Waals surface area contributed by atoms with Crippen LogP contribution >= 0.6 is 12.2 Å². The van der Waals surface area contributed by atoms with Gasteiger partial charge in [0.15, 0.2) is 0 Å². The topological polar surface area (TPSA) is 77.9 Å². The molecule has 2 N–H and O–H groups in total. The van der Waals surface area contributed by atoms with Crippen LogP contribution in [0.15, 0.2) is 53.5 Å². The molecule has 0 spiro atoms. The van der Waals surface area contributed by atoms with Gasteiger partial charge in [0.25, 0.3) is 0 Å². The normalized spacial score (nSPS) is 14.0. The quantitative estimate of drug-likeness (QED) is 0.301. The van der Waals surface area contributed by atoms with E-state index in [0.717, 1.165) is 54.6 Å². The second kappa shape index (κ2) is 11.3. The van der Waals surface area contributed by atoms with Gasteiger partial charge in [-0.1, -0.05) is 17.7 Å². The lowest BCUT2D eigenvalue weighted by Gasteiger charge is -2.37. The molecule has 0 radical (unpaired) electrons. The van der Waals surface area contributed by atoms with E-state index in [2.05, 4.69) is 68.5 Å². The largest absolute Gasteiger partial charge is 0.497 e. The van der Waals surface area contributed by atoms with Gasteiger partial charge in [-0.3, -0.25) is 5.32 Å². The highest BCUT2D eigenvalue weighted by molar-refractivity contribution is 7.80. The number of rotatable bonds is 4. The molecule has 36 heavy (non-hydrogen) atoms. The Kier molecular flexibility index (Phi) is 8.00. The van der Waals surface area contributed by atoms with E-state index in [0.29, 0.717) is 17.0 Å². The minimum absolute atomic E-state index is 0.381. The van der Waals surface area contributed by atoms with Crippen LogP contribution in [-0.2, 0) is 0 Å². The summed E-state index contributed by atoms with van der Waals surface area (Å²) < 4.78 is 5.29. The van der Waals surface area contributed by atoms with Crippen LogP contribution in [0.25, 0.3) is 0 Å². The Morgan fingerprint density at radius 2 is 1.56 bits per heavy atom. The average molecular weight is 504 g/mol. The summed E-state index contributed by atoms with van der Waals surface area (Å²) in [6.45, 7) is 11.3. The number of ether oxygens (including phenoxy) is 1. The highest BCUT2D eigenvalue weighted by atomic mass is 32.1. The third-order valence-electron chi connectivity index (χ3n) is 6.05. The zero-order valence-electron chi connectivity index (χ0n) is 21.5. The highest BCUT2D eigenvalue weighted by Crippen LogP contribution is 2.21. The standard InChI is InChI=1S/C27H33N7OS/c1-18-6-11-24(19(2)16-18)30-27(36)32-26(31-25-28-20(3)17-21(4)29-25)34-14-12-33(13-15-34)22-7-9-23(35-5)10-8-22/h6-11,16-17H,12-15H2,1-5H3,(H2,28,29,30,31,32,36). The van der Waals surface area contributed by atoms with Crippen molar-refractivity contribution >= 4 is 40.6 Å². The molecule has 0 amide bonds. The lowest BCUT2D eigenvalue weighted by Crippen LogP contribution is -2.51. The van der Waals surface area contributed by atoms with E-state index in [9.17, 15) is 0 Å². The maximum absolute atomic E-state index is 5.64. The van der Waals surface area contributed by atoms with Crippen LogP contribution in [0.3, 0.4) is 0 Å². The maximum Gasteiger partial charge on any atom is 0.229 e. The van der Waals surface area contributed by atoms with Crippen LogP contribution < -0.4 is 20.3 Å². The first-order valence-corrected chi connectivity index (χ1v) is 12.4. The van der Waals surface area contributed by atoms with Gasteiger partial charge in [0.2, 0.25) is 17.0 Å². The van der Waals surface area contributed by atoms with Gasteiger partial charge in [-0.05, 0) is 81.9 Å². The van der Waals surface area contributed by atoms with Crippen molar-refractivity contribution in [2.75, 3.05) is 48.8 Å². The Morgan fingerprint density at radius 1 is 0.889 bits per heavy atom. The molecule has 1 aliphatic rings. The van der Waals surface area contributed by atoms with E-state index in [1.54, 1.807) is 7.11 Å². The van der Waals surface area contributed by atoms with Crippen LogP contribution in [0.4, 0.5) is 17.3 Å². The minimum atomic E-state index is 0.381. The van der Waals surface area contributed by atoms with Gasteiger partial charge in [0.05, 0.1) is 7.11 Å². The summed E-state index contributed by atoms with van der Waals surface area (Å²) in [5, 5.41) is 6.99. The van der Waals surface area contributed by atoms with E-state index < -0.39 is 0 Å². The van der Waals surface area contributed by atoms with Gasteiger partial charge in [0, 0.05) is 48.9 Å². The predicted octanol–water partition coefficient (Wildman–Crippen LogP) is 4.71. The fourth-order valence-corrected chi connectivity index (χ4v) is 4.42. The number of nitrogens with zero attached hydrogens (tertiary/aromatic N) is 5. The number of anilines is 3. The van der Waals surface area contributed by atoms with Crippen molar-refractivity contribution < 1.29 is 4.74 Å². The molecule has 1 aliphatic heterocycles. The third-order valence-corrected chi connectivity index (χ3v) is 6.25. The second-order valence-corrected chi connectivity index (χ2v) is 9.34. The zero-order valence-corrected chi connectivity index (χ0v) is 22.3. The smallest absolute Gasteiger partial charge is 0.229 e. The first-order chi connectivity index (χ1) is 17.3. The SMILES string of the molecule is COc1ccc(N2CCN(/C(=N\C(=S)Nc3ccc(C)cc3C)Nc3nc(C)cc(C)n3)CC2)cc1. The van der Waals surface area contributed by atoms with Gasteiger partial charge < -0.3 is 19.9 Å². The number of guanidine groups is 1. The Bertz CT molecular complexity index is 1230. The summed E-state index contributed by atoms with van der Waals surface area (Å²) in [4.78, 5) is 18.4. The number of methoxy groups -OCH3 is 1. The van der Waals surface area contributed by atoms with Crippen molar-refractivity contribution in [1.82, 2.24) is 14.9 Å². The summed E-state index contributed by atoms with van der Waals surface area (Å²) in [6, 6.07) is 16.3. The monoisotopic (exact) mass is 503 g/mol. The number of hydrogen-bond donors (Lipinski definition) is 2. The molecule has 1 fully saturated rings. The van der Waals surface area contributed by atoms with E-state index in [1.807, 2.05) is 38.1 Å². The van der Waals surface area contributed by atoms with Crippen LogP contribution in [0.1, 0.15) is 22.5 Å². The van der Waals surface area contributed by atoms with Crippen molar-refractivity contribution in [3.8, 4) is 5.75 Å². The van der Waals surface area contributed by atoms with Gasteiger partial charge in [0.1, 0.15) is 5.75 Å². The number of aliphatic imine (C=N–C) groups is 1. The summed E-state index contributed by atoms with van der Waals surface area (Å²) in [5.74, 6) is 2.00. The Balaban J connectivity index is 1.52. The zero-order chi connectivity index (χ0) is 25.7. The van der Waals surface area contributed by atoms with E-state index >= 15 is 0 Å². The molecule has 8 nitrogen and oxygen atoms in total. The number of nitrogens with one attached hydrogen (secondary N) is 2. The van der Waals surface area contributed by atoms with Crippen molar-refractivity contribution in [1.29, 1.82) is 0 Å². The molecule has 0 atom stereocenters. The van der Waals surface area contributed by atoms with Crippen molar-refractivity contribution in [3.63, 3.8) is 0 Å². The average Bonchev–Trinajstić information content (AvgIpc) is 2.85. The molecule has 4 rings (SSSR count). The number of aryl methyl sites for hydroxylation is 4. The molecule has 0 saturated carbocycles. The van der Waals surface area contributed by atoms with Crippen molar-refractivity contribution in [2.45, 2.75) is 27.7 Å². The van der Waals surface area contributed by atoms with Gasteiger partial charge in [-0.2, -0.15) is 4.99 Å². The first kappa shape index (κ1) is 25.4. The van der Waals surface area contributed by atoms with Crippen LogP contribution in [-0.4, -0.2) is 59.2 Å². The van der Waals surface area contributed by atoms with Gasteiger partial charge >= 0.3 is 0 Å². The molecule has 3 aromatic rings. The van der Waals surface area contributed by atoms with Crippen LogP contribution in [0.5, 0.6) is 5.75 Å². The molecule has 0 unspecified atom stereocenters. The molecule has 0 bridgehead atoms. The summed E-state index contributed by atoms with van der Waals surface area (Å²) in [6.07, 6.45) is 0. The van der Waals surface area contributed by atoms with Crippen LogP contribution in [0.2, 0.25) is 0 Å². The predicted molar refractivity (Wildman–Crippen MR) is 151 cm³/mol. The molecular formula is C27H33N7OS. The third kappa shape index (κ3) is 6.48. The molecule has 0 aliphatic carbocycles. The number of benzene rings is 2. The number of piperazine rings is 1. The minimum Gasteiger partial charge on any atom is -0.497 e. The first-order valence-electron chi connectivity index (χ1n) is 12.0. The molecular weight excluding hydrogens is 470 g/mol. The Labute approximate surface area is 218 Å². The van der Waals surface area contributed by atoms with Crippen LogP contribution in [0, 0.1) is 27.7 Å². The van der Waals surface area contributed by atoms with E-state index in [-0.39, 0.29) is 0 Å². The molecule has 188 valence electrons. The lowest BCUT2D eigenvalue weighted by atomic mass is 10.1. The van der Waals surface area contributed by atoms with E-state index in [1.165, 1.54) is 11.3 Å². The summed E-state index contributed by atoms with van der Waals surface area (Å²) in [7, 11) is 1.68. The van der Waals surface area contributed by atoms with Crippen molar-refractivity contribution in [2.24, 2.45) is 4.99 Å². The molecule has 1 saturated heterocycles. The molecule has 2 aromatic carbocycles. The highest BCUT2D eigenvalue weighted by Gasteiger charge is 2.22. The fourth-order valence-electron chi connectivity index (χ4n) is 4.22. The molecule has 9 heteroatoms. The lowest BCUT2D eigenvalue weighted by molar-refractivity contribution is 0.385. The number of thiocarbonyl (C=S) groups is 1. The molecule has 1 aromatic heterocycles. The number of hydrogen-bond acceptors (Lipinski definition) is 5. The second-order valence-electron chi connectivity index (χ2n) is 8.96. The Hall–Kier alpha value is -3.72. The van der Waals surface area contributed by atoms with E-state index in [4.69, 9.17) is 21.9 Å². The molecule has 2 heterocycles. The maximum atomic E-state index is 5.64. The fraction of sp³-hybridized carbons (Fsp3) is 0.333. The summed E-state index contributed by atoms with van der Waals surface area (Å²) >= 11 is 5.64. The Morgan fingerprint density at radius 3 is 2.17 bits per heavy atom. The number of aromatic nitrogens is 2. The van der Waals surface area contributed by atoms with Gasteiger partial charge in [-0.15, -0.1) is 0 Å². The van der Waals surface area contributed by atoms with Crippen molar-refractivity contribution in [3.05, 3.63) is 71.0 Å².